The minimum atomic E-state index is -3.84. The lowest BCUT2D eigenvalue weighted by Gasteiger charge is -2.33. The number of carbonyl (C=O) groups excluding carboxylic acids is 1. The van der Waals surface area contributed by atoms with Crippen LogP contribution in [0.15, 0.2) is 23.1 Å². The van der Waals surface area contributed by atoms with Gasteiger partial charge in [0.05, 0.1) is 7.11 Å². The first kappa shape index (κ1) is 19.5. The molecule has 0 bridgehead atoms. The zero-order chi connectivity index (χ0) is 18.7. The summed E-state index contributed by atoms with van der Waals surface area (Å²) in [6.45, 7) is 0. The zero-order valence-corrected chi connectivity index (χ0v) is 15.5. The number of aliphatic carboxylic acids is 1. The van der Waals surface area contributed by atoms with Gasteiger partial charge in [0.1, 0.15) is 16.2 Å². The second-order valence-electron chi connectivity index (χ2n) is 5.53. The van der Waals surface area contributed by atoms with Crippen molar-refractivity contribution in [3.8, 4) is 5.75 Å². The van der Waals surface area contributed by atoms with Gasteiger partial charge in [-0.2, -0.15) is 11.8 Å². The molecule has 0 unspecified atom stereocenters. The van der Waals surface area contributed by atoms with E-state index in [2.05, 4.69) is 10.0 Å². The van der Waals surface area contributed by atoms with E-state index in [1.807, 2.05) is 0 Å². The Balaban J connectivity index is 2.36. The fourth-order valence-corrected chi connectivity index (χ4v) is 4.65. The van der Waals surface area contributed by atoms with Crippen LogP contribution in [0, 0.1) is 0 Å². The summed E-state index contributed by atoms with van der Waals surface area (Å²) in [5.41, 5.74) is -1.28. The molecule has 0 atom stereocenters. The van der Waals surface area contributed by atoms with Gasteiger partial charge in [0.15, 0.2) is 0 Å². The van der Waals surface area contributed by atoms with E-state index in [9.17, 15) is 23.1 Å². The SMILES string of the molecule is CNS(=O)(=O)c1cc(C(=O)NC2(C(=O)O)CCSCC2)ccc1OC. The molecule has 138 valence electrons. The van der Waals surface area contributed by atoms with E-state index in [0.29, 0.717) is 24.3 Å². The molecule has 1 saturated heterocycles. The van der Waals surface area contributed by atoms with Crippen LogP contribution in [0.4, 0.5) is 0 Å². The Morgan fingerprint density at radius 3 is 2.44 bits per heavy atom. The number of hydrogen-bond donors (Lipinski definition) is 3. The third-order valence-corrected chi connectivity index (χ3v) is 6.51. The molecule has 1 aliphatic rings. The number of carbonyl (C=O) groups is 2. The highest BCUT2D eigenvalue weighted by Gasteiger charge is 2.41. The van der Waals surface area contributed by atoms with E-state index in [0.717, 1.165) is 0 Å². The summed E-state index contributed by atoms with van der Waals surface area (Å²) in [6, 6.07) is 3.94. The molecule has 1 fully saturated rings. The van der Waals surface area contributed by atoms with Crippen LogP contribution in [0.1, 0.15) is 23.2 Å². The number of ether oxygens (including phenoxy) is 1. The lowest BCUT2D eigenvalue weighted by molar-refractivity contribution is -0.144. The summed E-state index contributed by atoms with van der Waals surface area (Å²) in [5.74, 6) is -0.362. The van der Waals surface area contributed by atoms with Gasteiger partial charge >= 0.3 is 5.97 Å². The molecule has 8 nitrogen and oxygen atoms in total. The highest BCUT2D eigenvalue weighted by Crippen LogP contribution is 2.29. The van der Waals surface area contributed by atoms with Crippen molar-refractivity contribution in [2.45, 2.75) is 23.3 Å². The first-order valence-electron chi connectivity index (χ1n) is 7.51. The maximum absolute atomic E-state index is 12.6. The van der Waals surface area contributed by atoms with Crippen LogP contribution in [0.25, 0.3) is 0 Å². The molecule has 25 heavy (non-hydrogen) atoms. The predicted octanol–water partition coefficient (Wildman–Crippen LogP) is 0.684. The molecule has 2 rings (SSSR count). The van der Waals surface area contributed by atoms with Gasteiger partial charge in [0.2, 0.25) is 10.0 Å². The van der Waals surface area contributed by atoms with Gasteiger partial charge in [-0.25, -0.2) is 17.9 Å². The Labute approximate surface area is 150 Å². The Morgan fingerprint density at radius 2 is 1.92 bits per heavy atom. The zero-order valence-electron chi connectivity index (χ0n) is 13.9. The number of hydrogen-bond acceptors (Lipinski definition) is 6. The monoisotopic (exact) mass is 388 g/mol. The lowest BCUT2D eigenvalue weighted by atomic mass is 9.92. The maximum Gasteiger partial charge on any atom is 0.329 e. The number of methoxy groups -OCH3 is 1. The Kier molecular flexibility index (Phi) is 5.96. The average molecular weight is 388 g/mol. The number of sulfonamides is 1. The smallest absolute Gasteiger partial charge is 0.329 e. The molecule has 1 aromatic rings. The van der Waals surface area contributed by atoms with Crippen molar-refractivity contribution in [1.29, 1.82) is 0 Å². The van der Waals surface area contributed by atoms with Gasteiger partial charge < -0.3 is 15.2 Å². The van der Waals surface area contributed by atoms with Crippen LogP contribution in [0.2, 0.25) is 0 Å². The number of thioether (sulfide) groups is 1. The summed E-state index contributed by atoms with van der Waals surface area (Å²) in [4.78, 5) is 24.0. The van der Waals surface area contributed by atoms with Crippen molar-refractivity contribution in [1.82, 2.24) is 10.0 Å². The minimum absolute atomic E-state index is 0.0495. The third kappa shape index (κ3) is 4.07. The minimum Gasteiger partial charge on any atom is -0.495 e. The van der Waals surface area contributed by atoms with Crippen LogP contribution >= 0.6 is 11.8 Å². The van der Waals surface area contributed by atoms with Crippen LogP contribution in [0.3, 0.4) is 0 Å². The normalized spacial score (nSPS) is 16.9. The molecule has 0 saturated carbocycles. The van der Waals surface area contributed by atoms with E-state index in [-0.39, 0.29) is 16.2 Å². The molecule has 1 amide bonds. The molecule has 0 aliphatic carbocycles. The topological polar surface area (TPSA) is 122 Å². The maximum atomic E-state index is 12.6. The van der Waals surface area contributed by atoms with Crippen molar-refractivity contribution in [2.24, 2.45) is 0 Å². The number of nitrogens with one attached hydrogen (secondary N) is 2. The van der Waals surface area contributed by atoms with Crippen molar-refractivity contribution >= 4 is 33.7 Å². The standard InChI is InChI=1S/C15H20N2O6S2/c1-16-25(21,22)12-9-10(3-4-11(12)23-2)13(18)17-15(14(19)20)5-7-24-8-6-15/h3-4,9,16H,5-8H2,1-2H3,(H,17,18)(H,19,20). The van der Waals surface area contributed by atoms with Gasteiger partial charge in [-0.15, -0.1) is 0 Å². The Morgan fingerprint density at radius 1 is 1.28 bits per heavy atom. The molecule has 0 spiro atoms. The molecule has 0 aromatic heterocycles. The second-order valence-corrected chi connectivity index (χ2v) is 8.61. The first-order chi connectivity index (χ1) is 11.8. The molecule has 1 heterocycles. The van der Waals surface area contributed by atoms with E-state index in [1.54, 1.807) is 11.8 Å². The van der Waals surface area contributed by atoms with Gasteiger partial charge in [-0.1, -0.05) is 0 Å². The van der Waals surface area contributed by atoms with Crippen molar-refractivity contribution in [2.75, 3.05) is 25.7 Å². The van der Waals surface area contributed by atoms with E-state index < -0.39 is 27.4 Å². The third-order valence-electron chi connectivity index (χ3n) is 4.09. The largest absolute Gasteiger partial charge is 0.495 e. The van der Waals surface area contributed by atoms with Crippen molar-refractivity contribution in [3.05, 3.63) is 23.8 Å². The van der Waals surface area contributed by atoms with Crippen LogP contribution in [-0.2, 0) is 14.8 Å². The van der Waals surface area contributed by atoms with Gasteiger partial charge in [0, 0.05) is 5.56 Å². The van der Waals surface area contributed by atoms with E-state index in [1.165, 1.54) is 32.4 Å². The number of rotatable bonds is 6. The summed E-state index contributed by atoms with van der Waals surface area (Å²) < 4.78 is 31.4. The Hall–Kier alpha value is -1.78. The lowest BCUT2D eigenvalue weighted by Crippen LogP contribution is -2.56. The van der Waals surface area contributed by atoms with Crippen molar-refractivity contribution < 1.29 is 27.9 Å². The predicted molar refractivity (Wildman–Crippen MR) is 93.6 cm³/mol. The fraction of sp³-hybridized carbons (Fsp3) is 0.467. The first-order valence-corrected chi connectivity index (χ1v) is 10.1. The summed E-state index contributed by atoms with van der Waals surface area (Å²) in [5, 5.41) is 12.1. The second kappa shape index (κ2) is 7.63. The molecule has 1 aromatic carbocycles. The van der Waals surface area contributed by atoms with Gasteiger partial charge in [-0.05, 0) is 49.6 Å². The highest BCUT2D eigenvalue weighted by molar-refractivity contribution is 7.99. The number of carboxylic acids is 1. The van der Waals surface area contributed by atoms with E-state index >= 15 is 0 Å². The summed E-state index contributed by atoms with van der Waals surface area (Å²) in [6.07, 6.45) is 0.632. The molecule has 1 aliphatic heterocycles. The fourth-order valence-electron chi connectivity index (χ4n) is 2.54. The molecule has 0 radical (unpaired) electrons. The van der Waals surface area contributed by atoms with Gasteiger partial charge in [0.25, 0.3) is 5.91 Å². The quantitative estimate of drug-likeness (QED) is 0.655. The van der Waals surface area contributed by atoms with E-state index in [4.69, 9.17) is 4.74 Å². The molecule has 3 N–H and O–H groups in total. The molecular weight excluding hydrogens is 368 g/mol. The molecular formula is C15H20N2O6S2. The number of amides is 1. The highest BCUT2D eigenvalue weighted by atomic mass is 32.2. The van der Waals surface area contributed by atoms with Crippen molar-refractivity contribution in [3.63, 3.8) is 0 Å². The summed E-state index contributed by atoms with van der Waals surface area (Å²) >= 11 is 1.63. The van der Waals surface area contributed by atoms with Crippen LogP contribution in [0.5, 0.6) is 5.75 Å². The summed E-state index contributed by atoms with van der Waals surface area (Å²) in [7, 11) is -1.26. The van der Waals surface area contributed by atoms with Crippen LogP contribution in [-0.4, -0.2) is 56.6 Å². The average Bonchev–Trinajstić information content (AvgIpc) is 2.61. The van der Waals surface area contributed by atoms with Crippen LogP contribution < -0.4 is 14.8 Å². The van der Waals surface area contributed by atoms with Gasteiger partial charge in [-0.3, -0.25) is 4.79 Å². The number of carboxylic acid groups (broad SMARTS) is 1. The molecule has 10 heteroatoms. The number of benzene rings is 1. The Bertz CT molecular complexity index is 772.